The van der Waals surface area contributed by atoms with E-state index in [-0.39, 0.29) is 18.1 Å². The lowest BCUT2D eigenvalue weighted by Crippen LogP contribution is -2.49. The van der Waals surface area contributed by atoms with Gasteiger partial charge in [-0.3, -0.25) is 9.59 Å². The lowest BCUT2D eigenvalue weighted by Gasteiger charge is -2.31. The summed E-state index contributed by atoms with van der Waals surface area (Å²) in [5, 5.41) is 11.9. The number of rotatable bonds is 10. The van der Waals surface area contributed by atoms with Crippen molar-refractivity contribution in [2.75, 3.05) is 12.4 Å². The number of carboxylic acids is 1. The number of benzene rings is 1. The molecule has 0 heterocycles. The van der Waals surface area contributed by atoms with Gasteiger partial charge in [-0.2, -0.15) is 0 Å². The topological polar surface area (TPSA) is 75.6 Å². The molecule has 5 nitrogen and oxygen atoms in total. The van der Waals surface area contributed by atoms with Gasteiger partial charge in [-0.25, -0.2) is 0 Å². The molecule has 0 fully saturated rings. The summed E-state index contributed by atoms with van der Waals surface area (Å²) in [7, 11) is 0. The van der Waals surface area contributed by atoms with Crippen LogP contribution in [0.5, 0.6) is 5.75 Å². The number of hydrogen-bond donors (Lipinski definition) is 2. The number of carbonyl (C=O) groups excluding carboxylic acids is 1. The van der Waals surface area contributed by atoms with Crippen molar-refractivity contribution in [3.8, 4) is 5.75 Å². The number of carbonyl (C=O) groups is 2. The van der Waals surface area contributed by atoms with Crippen LogP contribution in [-0.2, 0) is 9.59 Å². The van der Waals surface area contributed by atoms with E-state index in [4.69, 9.17) is 9.84 Å². The number of aliphatic carboxylic acids is 1. The van der Waals surface area contributed by atoms with Gasteiger partial charge in [0.1, 0.15) is 5.75 Å². The van der Waals surface area contributed by atoms with Gasteiger partial charge in [0.25, 0.3) is 0 Å². The van der Waals surface area contributed by atoms with Crippen molar-refractivity contribution in [2.45, 2.75) is 50.5 Å². The fourth-order valence-electron chi connectivity index (χ4n) is 2.29. The van der Waals surface area contributed by atoms with Crippen LogP contribution in [-0.4, -0.2) is 34.9 Å². The van der Waals surface area contributed by atoms with E-state index in [1.807, 2.05) is 45.0 Å². The SMILES string of the molecule is CCOc1ccc(SCC(=O)NC(CC)(CC)CC(=O)O)cc1. The third-order valence-corrected chi connectivity index (χ3v) is 4.76. The Morgan fingerprint density at radius 2 is 1.78 bits per heavy atom. The minimum atomic E-state index is -0.895. The Kier molecular flexibility index (Phi) is 7.95. The van der Waals surface area contributed by atoms with E-state index >= 15 is 0 Å². The first-order valence-electron chi connectivity index (χ1n) is 7.83. The molecule has 1 aromatic carbocycles. The van der Waals surface area contributed by atoms with E-state index < -0.39 is 11.5 Å². The summed E-state index contributed by atoms with van der Waals surface area (Å²) >= 11 is 1.42. The number of thioether (sulfide) groups is 1. The molecule has 6 heteroatoms. The standard InChI is InChI=1S/C17H25NO4S/c1-4-17(5-2,11-16(20)21)18-15(19)12-23-14-9-7-13(8-10-14)22-6-3/h7-10H,4-6,11-12H2,1-3H3,(H,18,19)(H,20,21). The second-order valence-electron chi connectivity index (χ2n) is 5.30. The van der Waals surface area contributed by atoms with E-state index in [1.54, 1.807) is 0 Å². The predicted molar refractivity (Wildman–Crippen MR) is 92.0 cm³/mol. The Morgan fingerprint density at radius 3 is 2.26 bits per heavy atom. The van der Waals surface area contributed by atoms with Gasteiger partial charge >= 0.3 is 5.97 Å². The summed E-state index contributed by atoms with van der Waals surface area (Å²) in [6.07, 6.45) is 1.13. The molecule has 23 heavy (non-hydrogen) atoms. The zero-order valence-electron chi connectivity index (χ0n) is 13.9. The monoisotopic (exact) mass is 339 g/mol. The Balaban J connectivity index is 2.56. The van der Waals surface area contributed by atoms with Gasteiger partial charge in [-0.1, -0.05) is 13.8 Å². The molecule has 1 aromatic rings. The Labute approximate surface area is 141 Å². The fraction of sp³-hybridized carbons (Fsp3) is 0.529. The molecule has 0 spiro atoms. The second-order valence-corrected chi connectivity index (χ2v) is 6.35. The summed E-state index contributed by atoms with van der Waals surface area (Å²) in [6.45, 7) is 6.34. The first-order chi connectivity index (χ1) is 10.9. The largest absolute Gasteiger partial charge is 0.494 e. The predicted octanol–water partition coefficient (Wildman–Crippen LogP) is 3.33. The molecule has 1 amide bonds. The number of carboxylic acid groups (broad SMARTS) is 1. The molecule has 0 saturated heterocycles. The van der Waals surface area contributed by atoms with Gasteiger partial charge in [0.15, 0.2) is 0 Å². The van der Waals surface area contributed by atoms with Crippen LogP contribution in [0.15, 0.2) is 29.2 Å². The van der Waals surface area contributed by atoms with Crippen LogP contribution in [0.2, 0.25) is 0 Å². The molecule has 0 aromatic heterocycles. The quantitative estimate of drug-likeness (QED) is 0.640. The summed E-state index contributed by atoms with van der Waals surface area (Å²) in [6, 6.07) is 7.56. The normalized spacial score (nSPS) is 11.1. The van der Waals surface area contributed by atoms with Gasteiger partial charge in [-0.15, -0.1) is 11.8 Å². The minimum absolute atomic E-state index is 0.0561. The van der Waals surface area contributed by atoms with Gasteiger partial charge in [0.2, 0.25) is 5.91 Å². The molecular formula is C17H25NO4S. The molecule has 0 aliphatic carbocycles. The van der Waals surface area contributed by atoms with Crippen molar-refractivity contribution in [1.29, 1.82) is 0 Å². The highest BCUT2D eigenvalue weighted by Crippen LogP contribution is 2.23. The second kappa shape index (κ2) is 9.45. The zero-order valence-corrected chi connectivity index (χ0v) is 14.7. The van der Waals surface area contributed by atoms with E-state index in [0.717, 1.165) is 10.6 Å². The van der Waals surface area contributed by atoms with Crippen LogP contribution in [0.25, 0.3) is 0 Å². The van der Waals surface area contributed by atoms with Gasteiger partial charge in [0, 0.05) is 10.4 Å². The molecule has 0 aliphatic rings. The maximum absolute atomic E-state index is 12.2. The molecule has 2 N–H and O–H groups in total. The Hall–Kier alpha value is -1.69. The highest BCUT2D eigenvalue weighted by molar-refractivity contribution is 8.00. The van der Waals surface area contributed by atoms with Crippen molar-refractivity contribution in [1.82, 2.24) is 5.32 Å². The lowest BCUT2D eigenvalue weighted by molar-refractivity contribution is -0.139. The molecule has 0 radical (unpaired) electrons. The molecular weight excluding hydrogens is 314 g/mol. The van der Waals surface area contributed by atoms with Crippen LogP contribution < -0.4 is 10.1 Å². The van der Waals surface area contributed by atoms with Crippen LogP contribution in [0.4, 0.5) is 0 Å². The highest BCUT2D eigenvalue weighted by atomic mass is 32.2. The third-order valence-electron chi connectivity index (χ3n) is 3.75. The third kappa shape index (κ3) is 6.52. The molecule has 0 atom stereocenters. The van der Waals surface area contributed by atoms with Gasteiger partial charge in [0.05, 0.1) is 18.8 Å². The molecule has 1 rings (SSSR count). The van der Waals surface area contributed by atoms with Crippen LogP contribution >= 0.6 is 11.8 Å². The van der Waals surface area contributed by atoms with E-state index in [9.17, 15) is 9.59 Å². The van der Waals surface area contributed by atoms with Crippen molar-refractivity contribution < 1.29 is 19.4 Å². The Bertz CT molecular complexity index is 512. The molecule has 0 saturated carbocycles. The summed E-state index contributed by atoms with van der Waals surface area (Å²) < 4.78 is 5.37. The number of ether oxygens (including phenoxy) is 1. The smallest absolute Gasteiger partial charge is 0.305 e. The van der Waals surface area contributed by atoms with E-state index in [2.05, 4.69) is 5.32 Å². The molecule has 0 bridgehead atoms. The van der Waals surface area contributed by atoms with Gasteiger partial charge < -0.3 is 15.2 Å². The number of hydrogen-bond acceptors (Lipinski definition) is 4. The summed E-state index contributed by atoms with van der Waals surface area (Å²) in [5.41, 5.74) is -0.664. The average Bonchev–Trinajstić information content (AvgIpc) is 2.53. The van der Waals surface area contributed by atoms with Crippen molar-refractivity contribution >= 4 is 23.6 Å². The molecule has 0 unspecified atom stereocenters. The van der Waals surface area contributed by atoms with Crippen molar-refractivity contribution in [3.63, 3.8) is 0 Å². The molecule has 0 aliphatic heterocycles. The van der Waals surface area contributed by atoms with Crippen molar-refractivity contribution in [2.24, 2.45) is 0 Å². The highest BCUT2D eigenvalue weighted by Gasteiger charge is 2.30. The first kappa shape index (κ1) is 19.4. The minimum Gasteiger partial charge on any atom is -0.494 e. The zero-order chi connectivity index (χ0) is 17.3. The van der Waals surface area contributed by atoms with E-state index in [1.165, 1.54) is 11.8 Å². The van der Waals surface area contributed by atoms with Crippen LogP contribution in [0.1, 0.15) is 40.0 Å². The summed E-state index contributed by atoms with van der Waals surface area (Å²) in [5.74, 6) is 0.0239. The van der Waals surface area contributed by atoms with Crippen LogP contribution in [0.3, 0.4) is 0 Å². The maximum Gasteiger partial charge on any atom is 0.305 e. The number of nitrogens with one attached hydrogen (secondary N) is 1. The molecule has 128 valence electrons. The van der Waals surface area contributed by atoms with Crippen molar-refractivity contribution in [3.05, 3.63) is 24.3 Å². The maximum atomic E-state index is 12.2. The van der Waals surface area contributed by atoms with Gasteiger partial charge in [-0.05, 0) is 44.0 Å². The first-order valence-corrected chi connectivity index (χ1v) is 8.81. The number of amides is 1. The Morgan fingerprint density at radius 1 is 1.17 bits per heavy atom. The van der Waals surface area contributed by atoms with Crippen LogP contribution in [0, 0.1) is 0 Å². The van der Waals surface area contributed by atoms with E-state index in [0.29, 0.717) is 19.4 Å². The lowest BCUT2D eigenvalue weighted by atomic mass is 9.89. The summed E-state index contributed by atoms with van der Waals surface area (Å²) in [4.78, 5) is 24.1. The fourth-order valence-corrected chi connectivity index (χ4v) is 2.99. The average molecular weight is 339 g/mol.